The molecule has 0 aliphatic carbocycles. The predicted molar refractivity (Wildman–Crippen MR) is 64.7 cm³/mol. The number of benzene rings is 1. The van der Waals surface area contributed by atoms with Gasteiger partial charge in [-0.3, -0.25) is 4.79 Å². The van der Waals surface area contributed by atoms with Crippen molar-refractivity contribution < 1.29 is 9.90 Å². The van der Waals surface area contributed by atoms with E-state index in [1.165, 1.54) is 0 Å². The number of carboxylic acids is 1. The lowest BCUT2D eigenvalue weighted by molar-refractivity contribution is 0.0689. The zero-order valence-corrected chi connectivity index (χ0v) is 10.8. The number of aromatic carboxylic acids is 1. The molecule has 0 amide bonds. The first-order valence-electron chi connectivity index (χ1n) is 4.12. The highest BCUT2D eigenvalue weighted by molar-refractivity contribution is 9.11. The molecule has 2 N–H and O–H groups in total. The minimum absolute atomic E-state index is 0.395. The zero-order chi connectivity index (χ0) is 11.9. The minimum atomic E-state index is -1.35. The Kier molecular flexibility index (Phi) is 2.81. The highest BCUT2D eigenvalue weighted by atomic mass is 79.9. The molecule has 5 nitrogen and oxygen atoms in total. The number of aromatic nitrogens is 2. The van der Waals surface area contributed by atoms with Gasteiger partial charge < -0.3 is 10.1 Å². The lowest BCUT2D eigenvalue weighted by atomic mass is 10.3. The van der Waals surface area contributed by atoms with Gasteiger partial charge in [-0.1, -0.05) is 0 Å². The summed E-state index contributed by atoms with van der Waals surface area (Å²) in [7, 11) is 0. The number of nitrogens with zero attached hydrogens (tertiary/aromatic N) is 1. The van der Waals surface area contributed by atoms with E-state index in [2.05, 4.69) is 41.8 Å². The number of rotatable bonds is 1. The molecule has 2 aromatic rings. The molecule has 2 rings (SSSR count). The lowest BCUT2D eigenvalue weighted by Gasteiger charge is -2.03. The molecule has 1 heterocycles. The summed E-state index contributed by atoms with van der Waals surface area (Å²) in [6, 6.07) is 3.44. The molecule has 0 aliphatic heterocycles. The van der Waals surface area contributed by atoms with Gasteiger partial charge in [0, 0.05) is 8.95 Å². The van der Waals surface area contributed by atoms with Crippen molar-refractivity contribution in [1.29, 1.82) is 0 Å². The zero-order valence-electron chi connectivity index (χ0n) is 7.62. The molecule has 0 bridgehead atoms. The third kappa shape index (κ3) is 1.76. The Labute approximate surface area is 106 Å². The van der Waals surface area contributed by atoms with Crippen molar-refractivity contribution in [2.75, 3.05) is 0 Å². The van der Waals surface area contributed by atoms with Crippen LogP contribution in [0.15, 0.2) is 25.9 Å². The summed E-state index contributed by atoms with van der Waals surface area (Å²) in [6.45, 7) is 0. The summed E-state index contributed by atoms with van der Waals surface area (Å²) < 4.78 is 1.26. The van der Waals surface area contributed by atoms with E-state index in [9.17, 15) is 9.59 Å². The molecule has 16 heavy (non-hydrogen) atoms. The molecule has 0 fully saturated rings. The SMILES string of the molecule is O=C(O)c1nc2c(Br)ccc(Br)c2[nH]c1=O. The second-order valence-corrected chi connectivity index (χ2v) is 4.68. The molecular formula is C9H4Br2N2O3. The standard InChI is InChI=1S/C9H4Br2N2O3/c10-3-1-2-4(11)6-5(3)12-7(9(15)16)8(14)13-6/h1-2H,(H,13,14)(H,15,16). The molecular weight excluding hydrogens is 344 g/mol. The number of fused-ring (bicyclic) bond motifs is 1. The molecule has 1 aromatic heterocycles. The molecule has 82 valence electrons. The summed E-state index contributed by atoms with van der Waals surface area (Å²) in [5.74, 6) is -1.35. The van der Waals surface area contributed by atoms with E-state index < -0.39 is 17.2 Å². The number of halogens is 2. The van der Waals surface area contributed by atoms with Crippen LogP contribution in [0, 0.1) is 0 Å². The van der Waals surface area contributed by atoms with Crippen LogP contribution >= 0.6 is 31.9 Å². The molecule has 0 atom stereocenters. The first-order chi connectivity index (χ1) is 7.50. The van der Waals surface area contributed by atoms with Crippen molar-refractivity contribution in [2.45, 2.75) is 0 Å². The number of aromatic amines is 1. The molecule has 7 heteroatoms. The minimum Gasteiger partial charge on any atom is -0.476 e. The van der Waals surface area contributed by atoms with Gasteiger partial charge in [-0.2, -0.15) is 0 Å². The van der Waals surface area contributed by atoms with Crippen molar-refractivity contribution in [1.82, 2.24) is 9.97 Å². The summed E-state index contributed by atoms with van der Waals surface area (Å²) in [6.07, 6.45) is 0. The third-order valence-electron chi connectivity index (χ3n) is 1.96. The van der Waals surface area contributed by atoms with E-state index >= 15 is 0 Å². The summed E-state index contributed by atoms with van der Waals surface area (Å²) >= 11 is 6.49. The Morgan fingerprint density at radius 2 is 1.94 bits per heavy atom. The Morgan fingerprint density at radius 1 is 1.31 bits per heavy atom. The van der Waals surface area contributed by atoms with Crippen LogP contribution < -0.4 is 5.56 Å². The number of hydrogen-bond donors (Lipinski definition) is 2. The van der Waals surface area contributed by atoms with Crippen molar-refractivity contribution in [2.24, 2.45) is 0 Å². The first kappa shape index (κ1) is 11.3. The van der Waals surface area contributed by atoms with Gasteiger partial charge in [-0.15, -0.1) is 0 Å². The van der Waals surface area contributed by atoms with Crippen LogP contribution in [0.5, 0.6) is 0 Å². The molecule has 0 radical (unpaired) electrons. The number of hydrogen-bond acceptors (Lipinski definition) is 3. The number of nitrogens with one attached hydrogen (secondary N) is 1. The maximum Gasteiger partial charge on any atom is 0.360 e. The van der Waals surface area contributed by atoms with E-state index in [0.29, 0.717) is 20.0 Å². The quantitative estimate of drug-likeness (QED) is 0.827. The highest BCUT2D eigenvalue weighted by Crippen LogP contribution is 2.26. The maximum atomic E-state index is 11.4. The second kappa shape index (κ2) is 3.99. The van der Waals surface area contributed by atoms with Crippen LogP contribution in [0.3, 0.4) is 0 Å². The highest BCUT2D eigenvalue weighted by Gasteiger charge is 2.14. The molecule has 0 saturated heterocycles. The average Bonchev–Trinajstić information content (AvgIpc) is 2.23. The van der Waals surface area contributed by atoms with Crippen LogP contribution in [0.1, 0.15) is 10.5 Å². The summed E-state index contributed by atoms with van der Waals surface area (Å²) in [4.78, 5) is 28.4. The Balaban J connectivity index is 2.95. The van der Waals surface area contributed by atoms with Gasteiger partial charge in [0.2, 0.25) is 5.69 Å². The van der Waals surface area contributed by atoms with Gasteiger partial charge >= 0.3 is 5.97 Å². The van der Waals surface area contributed by atoms with Gasteiger partial charge in [0.15, 0.2) is 0 Å². The van der Waals surface area contributed by atoms with Gasteiger partial charge in [-0.05, 0) is 44.0 Å². The molecule has 0 unspecified atom stereocenters. The summed E-state index contributed by atoms with van der Waals surface area (Å²) in [5, 5.41) is 8.78. The third-order valence-corrected chi connectivity index (χ3v) is 3.26. The van der Waals surface area contributed by atoms with E-state index in [-0.39, 0.29) is 0 Å². The van der Waals surface area contributed by atoms with Gasteiger partial charge in [0.1, 0.15) is 5.52 Å². The second-order valence-electron chi connectivity index (χ2n) is 2.97. The lowest BCUT2D eigenvalue weighted by Crippen LogP contribution is -2.20. The fourth-order valence-corrected chi connectivity index (χ4v) is 2.09. The number of carbonyl (C=O) groups is 1. The maximum absolute atomic E-state index is 11.4. The largest absolute Gasteiger partial charge is 0.476 e. The number of H-pyrrole nitrogens is 1. The van der Waals surface area contributed by atoms with E-state index in [0.717, 1.165) is 0 Å². The van der Waals surface area contributed by atoms with Crippen LogP contribution in [0.4, 0.5) is 0 Å². The van der Waals surface area contributed by atoms with Gasteiger partial charge in [0.25, 0.3) is 5.56 Å². The Hall–Kier alpha value is -1.21. The average molecular weight is 348 g/mol. The molecule has 0 saturated carbocycles. The molecule has 1 aromatic carbocycles. The van der Waals surface area contributed by atoms with Crippen molar-refractivity contribution in [3.8, 4) is 0 Å². The van der Waals surface area contributed by atoms with Crippen molar-refractivity contribution in [3.05, 3.63) is 37.1 Å². The van der Waals surface area contributed by atoms with Crippen LogP contribution in [-0.4, -0.2) is 21.0 Å². The Bertz CT molecular complexity index is 651. The van der Waals surface area contributed by atoms with E-state index in [4.69, 9.17) is 5.11 Å². The normalized spacial score (nSPS) is 10.6. The van der Waals surface area contributed by atoms with E-state index in [1.54, 1.807) is 12.1 Å². The number of carboxylic acid groups (broad SMARTS) is 1. The predicted octanol–water partition coefficient (Wildman–Crippen LogP) is 2.15. The smallest absolute Gasteiger partial charge is 0.360 e. The van der Waals surface area contributed by atoms with Crippen LogP contribution in [-0.2, 0) is 0 Å². The monoisotopic (exact) mass is 346 g/mol. The fraction of sp³-hybridized carbons (Fsp3) is 0. The Morgan fingerprint density at radius 3 is 2.56 bits per heavy atom. The summed E-state index contributed by atoms with van der Waals surface area (Å²) in [5.41, 5.74) is -0.388. The fourth-order valence-electron chi connectivity index (χ4n) is 1.25. The molecule has 0 aliphatic rings. The van der Waals surface area contributed by atoms with Crippen molar-refractivity contribution in [3.63, 3.8) is 0 Å². The van der Waals surface area contributed by atoms with Crippen molar-refractivity contribution >= 4 is 48.9 Å². The van der Waals surface area contributed by atoms with Gasteiger partial charge in [0.05, 0.1) is 5.52 Å². The van der Waals surface area contributed by atoms with Gasteiger partial charge in [-0.25, -0.2) is 9.78 Å². The van der Waals surface area contributed by atoms with E-state index in [1.807, 2.05) is 0 Å². The topological polar surface area (TPSA) is 83.0 Å². The van der Waals surface area contributed by atoms with Crippen LogP contribution in [0.25, 0.3) is 11.0 Å². The molecule has 0 spiro atoms. The first-order valence-corrected chi connectivity index (χ1v) is 5.70. The van der Waals surface area contributed by atoms with Crippen LogP contribution in [0.2, 0.25) is 0 Å².